The van der Waals surface area contributed by atoms with Gasteiger partial charge in [-0.1, -0.05) is 12.8 Å². The summed E-state index contributed by atoms with van der Waals surface area (Å²) in [5.74, 6) is -1.20. The van der Waals surface area contributed by atoms with E-state index in [1.54, 1.807) is 0 Å². The van der Waals surface area contributed by atoms with Gasteiger partial charge in [0.1, 0.15) is 11.6 Å². The number of halogens is 2. The van der Waals surface area contributed by atoms with E-state index < -0.39 is 17.7 Å². The fourth-order valence-corrected chi connectivity index (χ4v) is 5.13. The van der Waals surface area contributed by atoms with Crippen molar-refractivity contribution in [3.63, 3.8) is 0 Å². The van der Waals surface area contributed by atoms with E-state index >= 15 is 0 Å². The third-order valence-electron chi connectivity index (χ3n) is 6.53. The first-order valence-corrected chi connectivity index (χ1v) is 11.4. The van der Waals surface area contributed by atoms with Gasteiger partial charge in [0.2, 0.25) is 5.91 Å². The second-order valence-electron chi connectivity index (χ2n) is 9.09. The molecule has 2 aliphatic heterocycles. The lowest BCUT2D eigenvalue weighted by molar-refractivity contribution is -0.158. The topological polar surface area (TPSA) is 71.0 Å². The number of hydrogen-bond donors (Lipinski definition) is 2. The Labute approximate surface area is 181 Å². The van der Waals surface area contributed by atoms with Crippen molar-refractivity contribution in [2.75, 3.05) is 19.8 Å². The van der Waals surface area contributed by atoms with Gasteiger partial charge in [-0.3, -0.25) is 9.69 Å². The third kappa shape index (κ3) is 6.22. The fraction of sp³-hybridized carbons (Fsp3) is 0.696. The van der Waals surface area contributed by atoms with Gasteiger partial charge in [-0.2, -0.15) is 0 Å². The quantitative estimate of drug-likeness (QED) is 0.739. The van der Waals surface area contributed by atoms with Crippen LogP contribution in [0.5, 0.6) is 0 Å². The first kappa shape index (κ1) is 22.6. The van der Waals surface area contributed by atoms with Gasteiger partial charge < -0.3 is 19.9 Å². The maximum Gasteiger partial charge on any atom is 0.222 e. The van der Waals surface area contributed by atoms with Gasteiger partial charge in [-0.05, 0) is 43.4 Å². The molecule has 3 fully saturated rings. The molecular formula is C23H32F2N2O4. The number of ether oxygens (including phenoxy) is 2. The van der Waals surface area contributed by atoms with Crippen molar-refractivity contribution in [1.82, 2.24) is 10.2 Å². The predicted molar refractivity (Wildman–Crippen MR) is 110 cm³/mol. The number of hydrogen-bond acceptors (Lipinski definition) is 5. The van der Waals surface area contributed by atoms with Crippen LogP contribution in [0.1, 0.15) is 50.5 Å². The smallest absolute Gasteiger partial charge is 0.222 e. The molecule has 0 spiro atoms. The lowest BCUT2D eigenvalue weighted by Crippen LogP contribution is -2.55. The Kier molecular flexibility index (Phi) is 7.53. The molecule has 1 aromatic rings. The molecule has 1 aliphatic carbocycles. The zero-order chi connectivity index (χ0) is 21.8. The van der Waals surface area contributed by atoms with Crippen LogP contribution in [0.2, 0.25) is 0 Å². The molecule has 172 valence electrons. The van der Waals surface area contributed by atoms with Crippen LogP contribution in [0.15, 0.2) is 18.2 Å². The lowest BCUT2D eigenvalue weighted by Gasteiger charge is -2.44. The molecule has 0 radical (unpaired) electrons. The van der Waals surface area contributed by atoms with Gasteiger partial charge in [0.15, 0.2) is 0 Å². The highest BCUT2D eigenvalue weighted by atomic mass is 19.1. The minimum absolute atomic E-state index is 0.0321. The predicted octanol–water partition coefficient (Wildman–Crippen LogP) is 2.52. The molecular weight excluding hydrogens is 406 g/mol. The van der Waals surface area contributed by atoms with Crippen molar-refractivity contribution in [3.8, 4) is 0 Å². The number of amides is 1. The first-order chi connectivity index (χ1) is 15.0. The number of β-amino-alcohol motifs (C(OH)–C–C–N with tert-alkyl or cyclic N) is 1. The molecule has 2 heterocycles. The van der Waals surface area contributed by atoms with Crippen LogP contribution in [0.25, 0.3) is 0 Å². The number of aliphatic hydroxyl groups excluding tert-OH is 1. The van der Waals surface area contributed by atoms with Gasteiger partial charge in [0.05, 0.1) is 37.9 Å². The van der Waals surface area contributed by atoms with Crippen molar-refractivity contribution < 1.29 is 28.2 Å². The molecule has 1 saturated carbocycles. The molecule has 6 nitrogen and oxygen atoms in total. The summed E-state index contributed by atoms with van der Waals surface area (Å²) >= 11 is 0. The highest BCUT2D eigenvalue weighted by Crippen LogP contribution is 2.29. The van der Waals surface area contributed by atoms with Crippen LogP contribution >= 0.6 is 0 Å². The average Bonchev–Trinajstić information content (AvgIpc) is 3.18. The molecule has 31 heavy (non-hydrogen) atoms. The lowest BCUT2D eigenvalue weighted by atomic mass is 9.94. The number of nitrogens with zero attached hydrogens (tertiary/aromatic N) is 1. The number of nitrogens with one attached hydrogen (secondary N) is 1. The number of aliphatic hydroxyl groups is 1. The Bertz CT molecular complexity index is 739. The maximum absolute atomic E-state index is 13.7. The minimum Gasteiger partial charge on any atom is -0.389 e. The molecule has 2 saturated heterocycles. The van der Waals surface area contributed by atoms with E-state index in [2.05, 4.69) is 5.32 Å². The number of rotatable bonds is 5. The number of fused-ring (bicyclic) bond motifs is 1. The minimum atomic E-state index is -0.686. The van der Waals surface area contributed by atoms with Crippen LogP contribution in [0, 0.1) is 11.6 Å². The summed E-state index contributed by atoms with van der Waals surface area (Å²) in [6.07, 6.45) is 5.12. The molecule has 1 aromatic carbocycles. The van der Waals surface area contributed by atoms with E-state index in [4.69, 9.17) is 9.47 Å². The largest absolute Gasteiger partial charge is 0.389 e. The summed E-state index contributed by atoms with van der Waals surface area (Å²) in [5, 5.41) is 13.4. The van der Waals surface area contributed by atoms with Crippen molar-refractivity contribution in [1.29, 1.82) is 0 Å². The number of carbonyl (C=O) groups excluding carboxylic acids is 1. The second-order valence-corrected chi connectivity index (χ2v) is 9.09. The maximum atomic E-state index is 13.7. The van der Waals surface area contributed by atoms with Crippen LogP contribution in [-0.4, -0.2) is 66.1 Å². The van der Waals surface area contributed by atoms with E-state index in [9.17, 15) is 18.7 Å². The molecule has 2 N–H and O–H groups in total. The monoisotopic (exact) mass is 438 g/mol. The van der Waals surface area contributed by atoms with Crippen molar-refractivity contribution >= 4 is 5.91 Å². The van der Waals surface area contributed by atoms with Gasteiger partial charge in [-0.15, -0.1) is 0 Å². The summed E-state index contributed by atoms with van der Waals surface area (Å²) in [4.78, 5) is 14.5. The molecule has 3 aliphatic rings. The summed E-state index contributed by atoms with van der Waals surface area (Å²) in [7, 11) is 0. The zero-order valence-electron chi connectivity index (χ0n) is 17.8. The number of benzene rings is 1. The molecule has 0 unspecified atom stereocenters. The summed E-state index contributed by atoms with van der Waals surface area (Å²) in [6.45, 7) is 1.13. The van der Waals surface area contributed by atoms with E-state index in [1.165, 1.54) is 25.0 Å². The molecule has 8 heteroatoms. The van der Waals surface area contributed by atoms with Crippen LogP contribution < -0.4 is 5.32 Å². The van der Waals surface area contributed by atoms with Crippen LogP contribution in [0.4, 0.5) is 8.78 Å². The average molecular weight is 439 g/mol. The van der Waals surface area contributed by atoms with E-state index in [-0.39, 0.29) is 36.8 Å². The third-order valence-corrected chi connectivity index (χ3v) is 6.53. The zero-order valence-corrected chi connectivity index (χ0v) is 17.8. The molecule has 4 rings (SSSR count). The molecule has 1 amide bonds. The molecule has 4 atom stereocenters. The van der Waals surface area contributed by atoms with Crippen molar-refractivity contribution in [3.05, 3.63) is 35.4 Å². The van der Waals surface area contributed by atoms with Gasteiger partial charge >= 0.3 is 0 Å². The van der Waals surface area contributed by atoms with E-state index in [0.29, 0.717) is 38.1 Å². The Morgan fingerprint density at radius 2 is 1.84 bits per heavy atom. The van der Waals surface area contributed by atoms with Gasteiger partial charge in [0, 0.05) is 31.2 Å². The number of carbonyl (C=O) groups is 1. The van der Waals surface area contributed by atoms with E-state index in [0.717, 1.165) is 25.3 Å². The summed E-state index contributed by atoms with van der Waals surface area (Å²) in [5.41, 5.74) is 0.517. The first-order valence-electron chi connectivity index (χ1n) is 11.4. The van der Waals surface area contributed by atoms with Crippen LogP contribution in [-0.2, 0) is 20.8 Å². The Morgan fingerprint density at radius 1 is 1.10 bits per heavy atom. The van der Waals surface area contributed by atoms with Gasteiger partial charge in [0.25, 0.3) is 0 Å². The highest BCUT2D eigenvalue weighted by Gasteiger charge is 2.38. The Balaban J connectivity index is 1.39. The summed E-state index contributed by atoms with van der Waals surface area (Å²) < 4.78 is 39.2. The Hall–Kier alpha value is -1.61. The normalized spacial score (nSPS) is 30.4. The summed E-state index contributed by atoms with van der Waals surface area (Å²) in [6, 6.07) is 3.72. The Morgan fingerprint density at radius 3 is 2.58 bits per heavy atom. The van der Waals surface area contributed by atoms with E-state index in [1.807, 2.05) is 4.90 Å². The standard InChI is InChI=1S/C23H32F2N2O4/c24-16-7-15(8-17(25)9-16)11-27-12-19(28)13-30-14-22-21(27)6-5-20(31-22)10-23(29)26-18-3-1-2-4-18/h7-9,18-22,28H,1-6,10-14H2,(H,26,29)/t19-,20+,21-,22+/m1/s1. The van der Waals surface area contributed by atoms with Crippen LogP contribution in [0.3, 0.4) is 0 Å². The van der Waals surface area contributed by atoms with Crippen molar-refractivity contribution in [2.24, 2.45) is 0 Å². The second kappa shape index (κ2) is 10.3. The SMILES string of the molecule is O=C(C[C@@H]1CC[C@@H]2[C@H](COC[C@H](O)CN2Cc2cc(F)cc(F)c2)O1)NC1CCCC1. The molecule has 0 bridgehead atoms. The van der Waals surface area contributed by atoms with Gasteiger partial charge in [-0.25, -0.2) is 8.78 Å². The fourth-order valence-electron chi connectivity index (χ4n) is 5.13. The highest BCUT2D eigenvalue weighted by molar-refractivity contribution is 5.76. The van der Waals surface area contributed by atoms with Crippen molar-refractivity contribution in [2.45, 2.75) is 81.9 Å². The molecule has 0 aromatic heterocycles.